The fourth-order valence-electron chi connectivity index (χ4n) is 3.14. The first kappa shape index (κ1) is 22.0. The molecule has 1 atom stereocenters. The molecule has 0 radical (unpaired) electrons. The zero-order valence-electron chi connectivity index (χ0n) is 16.6. The fraction of sp³-hybridized carbons (Fsp3) is 0.286. The summed E-state index contributed by atoms with van der Waals surface area (Å²) in [7, 11) is 1.23. The number of terminal acetylenes is 1. The Hall–Kier alpha value is -3.74. The number of alkyl halides is 3. The van der Waals surface area contributed by atoms with Crippen molar-refractivity contribution in [3.05, 3.63) is 65.0 Å². The van der Waals surface area contributed by atoms with E-state index in [0.29, 0.717) is 0 Å². The third-order valence-electron chi connectivity index (χ3n) is 4.64. The van der Waals surface area contributed by atoms with E-state index in [0.717, 1.165) is 6.07 Å². The van der Waals surface area contributed by atoms with Crippen LogP contribution in [0, 0.1) is 19.3 Å². The van der Waals surface area contributed by atoms with Crippen molar-refractivity contribution in [2.45, 2.75) is 31.9 Å². The average Bonchev–Trinajstić information content (AvgIpc) is 3.26. The molecule has 0 saturated carbocycles. The number of halogens is 3. The molecular weight excluding hydrogens is 415 g/mol. The zero-order valence-corrected chi connectivity index (χ0v) is 16.6. The van der Waals surface area contributed by atoms with Crippen molar-refractivity contribution in [2.24, 2.45) is 0 Å². The molecule has 0 fully saturated rings. The van der Waals surface area contributed by atoms with E-state index in [-0.39, 0.29) is 34.6 Å². The lowest BCUT2D eigenvalue weighted by Crippen LogP contribution is -2.19. The predicted octanol–water partition coefficient (Wildman–Crippen LogP) is 3.82. The summed E-state index contributed by atoms with van der Waals surface area (Å²) in [5.41, 5.74) is -0.000900. The molecular formula is C21H18F3N3O4. The first-order chi connectivity index (χ1) is 14.8. The number of methoxy groups -OCH3 is 1. The van der Waals surface area contributed by atoms with Gasteiger partial charge in [0.05, 0.1) is 30.4 Å². The molecule has 10 heteroatoms. The summed E-state index contributed by atoms with van der Waals surface area (Å²) in [6.45, 7) is 1.35. The summed E-state index contributed by atoms with van der Waals surface area (Å²) in [4.78, 5) is 20.0. The van der Waals surface area contributed by atoms with Gasteiger partial charge in [-0.25, -0.2) is 9.97 Å². The summed E-state index contributed by atoms with van der Waals surface area (Å²) in [6.07, 6.45) is 3.75. The topological polar surface area (TPSA) is 82.6 Å². The molecule has 1 aromatic carbocycles. The van der Waals surface area contributed by atoms with Gasteiger partial charge in [-0.2, -0.15) is 13.2 Å². The van der Waals surface area contributed by atoms with Crippen molar-refractivity contribution in [2.75, 3.05) is 12.4 Å². The van der Waals surface area contributed by atoms with Crippen LogP contribution in [0.4, 0.5) is 19.0 Å². The normalized spacial score (nSPS) is 14.3. The molecule has 2 aromatic rings. The van der Waals surface area contributed by atoms with Gasteiger partial charge in [0.1, 0.15) is 30.7 Å². The third-order valence-corrected chi connectivity index (χ3v) is 4.64. The fourth-order valence-corrected chi connectivity index (χ4v) is 3.14. The van der Waals surface area contributed by atoms with Crippen LogP contribution < -0.4 is 5.32 Å². The van der Waals surface area contributed by atoms with Gasteiger partial charge in [-0.05, 0) is 24.1 Å². The van der Waals surface area contributed by atoms with Crippen LogP contribution in [0.2, 0.25) is 0 Å². The van der Waals surface area contributed by atoms with Gasteiger partial charge in [0.2, 0.25) is 0 Å². The van der Waals surface area contributed by atoms with Gasteiger partial charge in [0.15, 0.2) is 0 Å². The number of nitrogens with zero attached hydrogens (tertiary/aromatic N) is 2. The molecule has 0 spiro atoms. The minimum absolute atomic E-state index is 0.00845. The Balaban J connectivity index is 2.02. The van der Waals surface area contributed by atoms with Gasteiger partial charge in [-0.15, -0.1) is 6.42 Å². The number of carbonyl (C=O) groups is 1. The number of esters is 1. The molecule has 0 saturated heterocycles. The number of nitrogens with one attached hydrogen (secondary N) is 1. The summed E-state index contributed by atoms with van der Waals surface area (Å²) in [5, 5.41) is 2.95. The van der Waals surface area contributed by atoms with Crippen LogP contribution >= 0.6 is 0 Å². The van der Waals surface area contributed by atoms with Crippen molar-refractivity contribution in [1.82, 2.24) is 9.97 Å². The molecule has 0 unspecified atom stereocenters. The molecule has 0 aliphatic carbocycles. The number of hydrogen-bond donors (Lipinski definition) is 1. The second kappa shape index (κ2) is 8.95. The monoisotopic (exact) mass is 433 g/mol. The molecule has 1 aliphatic heterocycles. The Kier molecular flexibility index (Phi) is 6.34. The van der Waals surface area contributed by atoms with Gasteiger partial charge in [0, 0.05) is 0 Å². The number of carbonyl (C=O) groups excluding carboxylic acids is 1. The highest BCUT2D eigenvalue weighted by atomic mass is 19.4. The lowest BCUT2D eigenvalue weighted by atomic mass is 9.96. The zero-order chi connectivity index (χ0) is 22.6. The highest BCUT2D eigenvalue weighted by Gasteiger charge is 2.34. The first-order valence-electron chi connectivity index (χ1n) is 9.02. The number of benzene rings is 1. The molecule has 0 amide bonds. The molecule has 1 aromatic heterocycles. The molecule has 31 heavy (non-hydrogen) atoms. The minimum Gasteiger partial charge on any atom is -0.469 e. The minimum atomic E-state index is -4.52. The molecule has 1 aliphatic rings. The lowest BCUT2D eigenvalue weighted by molar-refractivity contribution is -0.140. The average molecular weight is 433 g/mol. The lowest BCUT2D eigenvalue weighted by Gasteiger charge is -2.22. The summed E-state index contributed by atoms with van der Waals surface area (Å²) < 4.78 is 55.4. The number of aromatic nitrogens is 2. The number of anilines is 1. The molecule has 2 heterocycles. The molecule has 7 nitrogen and oxygen atoms in total. The van der Waals surface area contributed by atoms with Crippen LogP contribution in [0.1, 0.15) is 40.3 Å². The van der Waals surface area contributed by atoms with Crippen LogP contribution in [-0.4, -0.2) is 23.0 Å². The van der Waals surface area contributed by atoms with Crippen molar-refractivity contribution >= 4 is 11.8 Å². The summed E-state index contributed by atoms with van der Waals surface area (Å²) in [6, 6.07) is 2.82. The SMILES string of the molecule is C#C[C@@H](Nc1ncnc(CC(=O)OC)c1C1OC=CO1)c1cccc(C(F)(F)F)c1C. The molecule has 0 bridgehead atoms. The Labute approximate surface area is 176 Å². The Bertz CT molecular complexity index is 1040. The van der Waals surface area contributed by atoms with E-state index in [9.17, 15) is 18.0 Å². The Morgan fingerprint density at radius 3 is 2.65 bits per heavy atom. The van der Waals surface area contributed by atoms with Gasteiger partial charge < -0.3 is 19.5 Å². The second-order valence-electron chi connectivity index (χ2n) is 6.47. The summed E-state index contributed by atoms with van der Waals surface area (Å²) in [5.74, 6) is 2.05. The number of hydrogen-bond acceptors (Lipinski definition) is 7. The third kappa shape index (κ3) is 4.71. The maximum absolute atomic E-state index is 13.3. The first-order valence-corrected chi connectivity index (χ1v) is 9.02. The van der Waals surface area contributed by atoms with E-state index < -0.39 is 30.0 Å². The number of ether oxygens (including phenoxy) is 3. The maximum atomic E-state index is 13.3. The van der Waals surface area contributed by atoms with Crippen LogP contribution in [0.15, 0.2) is 37.1 Å². The standard InChI is InChI=1S/C21H18F3N3O4/c1-4-15(13-6-5-7-14(12(13)2)21(22,23)24)27-19-18(20-30-8-9-31-20)16(25-11-26-19)10-17(28)29-3/h1,5-9,11,15,20H,10H2,2-3H3,(H,25,26,27)/t15-/m1/s1. The van der Waals surface area contributed by atoms with Crippen molar-refractivity contribution < 1.29 is 32.2 Å². The van der Waals surface area contributed by atoms with Crippen molar-refractivity contribution in [3.63, 3.8) is 0 Å². The Morgan fingerprint density at radius 1 is 1.32 bits per heavy atom. The second-order valence-corrected chi connectivity index (χ2v) is 6.47. The van der Waals surface area contributed by atoms with Gasteiger partial charge in [-0.1, -0.05) is 18.1 Å². The van der Waals surface area contributed by atoms with E-state index in [1.54, 1.807) is 0 Å². The van der Waals surface area contributed by atoms with E-state index in [2.05, 4.69) is 25.9 Å². The largest absolute Gasteiger partial charge is 0.469 e. The van der Waals surface area contributed by atoms with Crippen LogP contribution in [0.3, 0.4) is 0 Å². The van der Waals surface area contributed by atoms with Crippen LogP contribution in [-0.2, 0) is 31.6 Å². The smallest absolute Gasteiger partial charge is 0.416 e. The van der Waals surface area contributed by atoms with Crippen molar-refractivity contribution in [3.8, 4) is 12.3 Å². The van der Waals surface area contributed by atoms with E-state index >= 15 is 0 Å². The highest BCUT2D eigenvalue weighted by molar-refractivity contribution is 5.73. The number of rotatable bonds is 6. The molecule has 1 N–H and O–H groups in total. The predicted molar refractivity (Wildman–Crippen MR) is 103 cm³/mol. The van der Waals surface area contributed by atoms with Crippen LogP contribution in [0.25, 0.3) is 0 Å². The quantitative estimate of drug-likeness (QED) is 0.548. The molecule has 3 rings (SSSR count). The summed E-state index contributed by atoms with van der Waals surface area (Å²) >= 11 is 0. The maximum Gasteiger partial charge on any atom is 0.416 e. The van der Waals surface area contributed by atoms with Gasteiger partial charge >= 0.3 is 12.1 Å². The Morgan fingerprint density at radius 2 is 2.03 bits per heavy atom. The van der Waals surface area contributed by atoms with Gasteiger partial charge in [0.25, 0.3) is 6.29 Å². The van der Waals surface area contributed by atoms with E-state index in [4.69, 9.17) is 15.9 Å². The molecule has 162 valence electrons. The van der Waals surface area contributed by atoms with E-state index in [1.807, 2.05) is 0 Å². The van der Waals surface area contributed by atoms with Crippen molar-refractivity contribution in [1.29, 1.82) is 0 Å². The van der Waals surface area contributed by atoms with Crippen LogP contribution in [0.5, 0.6) is 0 Å². The van der Waals surface area contributed by atoms with Gasteiger partial charge in [-0.3, -0.25) is 4.79 Å². The van der Waals surface area contributed by atoms with E-state index in [1.165, 1.54) is 45.0 Å². The highest BCUT2D eigenvalue weighted by Crippen LogP contribution is 2.37.